The first-order valence-electron chi connectivity index (χ1n) is 8.16. The Hall–Kier alpha value is -0.510. The van der Waals surface area contributed by atoms with Gasteiger partial charge in [0.2, 0.25) is 0 Å². The van der Waals surface area contributed by atoms with Gasteiger partial charge in [-0.15, -0.1) is 0 Å². The van der Waals surface area contributed by atoms with E-state index in [0.29, 0.717) is 5.41 Å². The Bertz CT molecular complexity index is 606. The van der Waals surface area contributed by atoms with Crippen molar-refractivity contribution in [3.8, 4) is 5.75 Å². The van der Waals surface area contributed by atoms with Gasteiger partial charge >= 0.3 is 0 Å². The fourth-order valence-electron chi connectivity index (χ4n) is 5.20. The van der Waals surface area contributed by atoms with Gasteiger partial charge in [-0.2, -0.15) is 0 Å². The van der Waals surface area contributed by atoms with Crippen LogP contribution in [0.4, 0.5) is 0 Å². The van der Waals surface area contributed by atoms with Gasteiger partial charge in [0, 0.05) is 5.41 Å². The third-order valence-corrected chi connectivity index (χ3v) is 8.09. The molecule has 1 aromatic rings. The van der Waals surface area contributed by atoms with E-state index in [4.69, 9.17) is 4.74 Å². The summed E-state index contributed by atoms with van der Waals surface area (Å²) in [5.74, 6) is 3.56. The molecule has 0 aromatic heterocycles. The highest BCUT2D eigenvalue weighted by Gasteiger charge is 2.51. The van der Waals surface area contributed by atoms with Crippen LogP contribution in [0.5, 0.6) is 5.75 Å². The van der Waals surface area contributed by atoms with E-state index in [1.807, 2.05) is 0 Å². The van der Waals surface area contributed by atoms with Crippen LogP contribution in [0.1, 0.15) is 49.7 Å². The first-order chi connectivity index (χ1) is 10.1. The van der Waals surface area contributed by atoms with Crippen molar-refractivity contribution in [3.63, 3.8) is 0 Å². The quantitative estimate of drug-likeness (QED) is 0.573. The Morgan fingerprint density at radius 1 is 1.29 bits per heavy atom. The monoisotopic (exact) mass is 394 g/mol. The molecule has 112 valence electrons. The fraction of sp³-hybridized carbons (Fsp3) is 0.579. The molecule has 0 heterocycles. The van der Waals surface area contributed by atoms with Crippen LogP contribution < -0.4 is 4.74 Å². The zero-order chi connectivity index (χ0) is 14.6. The van der Waals surface area contributed by atoms with Crippen molar-refractivity contribution < 1.29 is 4.74 Å². The van der Waals surface area contributed by atoms with Crippen LogP contribution in [-0.2, 0) is 6.42 Å². The number of methoxy groups -OCH3 is 1. The van der Waals surface area contributed by atoms with Crippen molar-refractivity contribution in [2.24, 2.45) is 17.3 Å². The minimum Gasteiger partial charge on any atom is -0.497 e. The zero-order valence-electron chi connectivity index (χ0n) is 12.9. The van der Waals surface area contributed by atoms with Gasteiger partial charge in [-0.3, -0.25) is 0 Å². The smallest absolute Gasteiger partial charge is 0.119 e. The SMILES string of the molecule is COc1ccc2c(c1)CC[C@@H]1[C@@H]2CC[C@]2(C)C(I)=CC[C@@H]12. The highest BCUT2D eigenvalue weighted by Crippen LogP contribution is 2.62. The van der Waals surface area contributed by atoms with Gasteiger partial charge in [0.25, 0.3) is 0 Å². The number of fused-ring (bicyclic) bond motifs is 5. The molecule has 4 rings (SSSR count). The molecular weight excluding hydrogens is 371 g/mol. The summed E-state index contributed by atoms with van der Waals surface area (Å²) >= 11 is 2.60. The predicted octanol–water partition coefficient (Wildman–Crippen LogP) is 5.48. The van der Waals surface area contributed by atoms with Crippen LogP contribution in [0.15, 0.2) is 27.9 Å². The van der Waals surface area contributed by atoms with Crippen molar-refractivity contribution in [1.29, 1.82) is 0 Å². The second-order valence-corrected chi connectivity index (χ2v) is 8.39. The second kappa shape index (κ2) is 5.00. The highest BCUT2D eigenvalue weighted by atomic mass is 127. The Balaban J connectivity index is 1.69. The van der Waals surface area contributed by atoms with Crippen LogP contribution in [0.2, 0.25) is 0 Å². The summed E-state index contributed by atoms with van der Waals surface area (Å²) in [6, 6.07) is 6.78. The fourth-order valence-corrected chi connectivity index (χ4v) is 6.12. The molecule has 0 N–H and O–H groups in total. The van der Waals surface area contributed by atoms with Gasteiger partial charge in [-0.1, -0.05) is 19.1 Å². The van der Waals surface area contributed by atoms with Gasteiger partial charge < -0.3 is 4.74 Å². The van der Waals surface area contributed by atoms with E-state index in [1.54, 1.807) is 21.8 Å². The Labute approximate surface area is 141 Å². The van der Waals surface area contributed by atoms with E-state index in [-0.39, 0.29) is 0 Å². The van der Waals surface area contributed by atoms with Gasteiger partial charge in [0.1, 0.15) is 5.75 Å². The predicted molar refractivity (Wildman–Crippen MR) is 95.1 cm³/mol. The zero-order valence-corrected chi connectivity index (χ0v) is 15.0. The topological polar surface area (TPSA) is 9.23 Å². The van der Waals surface area contributed by atoms with Crippen LogP contribution in [0.3, 0.4) is 0 Å². The lowest BCUT2D eigenvalue weighted by molar-refractivity contribution is 0.0815. The highest BCUT2D eigenvalue weighted by molar-refractivity contribution is 14.1. The molecule has 1 nitrogen and oxygen atoms in total. The number of rotatable bonds is 1. The lowest BCUT2D eigenvalue weighted by atomic mass is 9.56. The maximum absolute atomic E-state index is 5.41. The van der Waals surface area contributed by atoms with Crippen LogP contribution in [-0.4, -0.2) is 7.11 Å². The number of ether oxygens (including phenoxy) is 1. The first kappa shape index (κ1) is 14.1. The van der Waals surface area contributed by atoms with Crippen LogP contribution in [0.25, 0.3) is 0 Å². The summed E-state index contributed by atoms with van der Waals surface area (Å²) in [6.07, 6.45) is 9.13. The maximum atomic E-state index is 5.41. The molecule has 3 aliphatic carbocycles. The summed E-state index contributed by atoms with van der Waals surface area (Å²) in [4.78, 5) is 0. The molecule has 2 heteroatoms. The van der Waals surface area contributed by atoms with Gasteiger partial charge in [-0.25, -0.2) is 0 Å². The molecule has 0 saturated heterocycles. The van der Waals surface area contributed by atoms with E-state index in [2.05, 4.69) is 53.8 Å². The number of allylic oxidation sites excluding steroid dienone is 2. The summed E-state index contributed by atoms with van der Waals surface area (Å²) in [5, 5.41) is 0. The molecule has 0 unspecified atom stereocenters. The Morgan fingerprint density at radius 3 is 2.95 bits per heavy atom. The summed E-state index contributed by atoms with van der Waals surface area (Å²) in [6.45, 7) is 2.52. The molecule has 1 fully saturated rings. The van der Waals surface area contributed by atoms with Crippen molar-refractivity contribution in [2.75, 3.05) is 7.11 Å². The molecule has 1 saturated carbocycles. The van der Waals surface area contributed by atoms with Gasteiger partial charge in [-0.05, 0) is 99.3 Å². The van der Waals surface area contributed by atoms with Crippen molar-refractivity contribution >= 4 is 22.6 Å². The average molecular weight is 394 g/mol. The molecular formula is C19H23IO. The first-order valence-corrected chi connectivity index (χ1v) is 9.24. The van der Waals surface area contributed by atoms with Crippen molar-refractivity contribution in [3.05, 3.63) is 39.0 Å². The standard InChI is InChI=1S/C19H23IO/c1-19-10-9-15-14-6-4-13(21-2)11-12(14)3-5-16(15)17(19)7-8-18(19)20/h4,6,8,11,15-17H,3,5,7,9-10H2,1-2H3/t15-,16-,17+,19+/m1/s1. The Kier molecular flexibility index (Phi) is 3.36. The Morgan fingerprint density at radius 2 is 2.14 bits per heavy atom. The van der Waals surface area contributed by atoms with Crippen molar-refractivity contribution in [1.82, 2.24) is 0 Å². The molecule has 0 amide bonds. The third-order valence-electron chi connectivity index (χ3n) is 6.42. The van der Waals surface area contributed by atoms with Gasteiger partial charge in [0.15, 0.2) is 0 Å². The molecule has 4 atom stereocenters. The van der Waals surface area contributed by atoms with Crippen LogP contribution >= 0.6 is 22.6 Å². The van der Waals surface area contributed by atoms with E-state index in [0.717, 1.165) is 23.5 Å². The molecule has 21 heavy (non-hydrogen) atoms. The summed E-state index contributed by atoms with van der Waals surface area (Å²) in [5.41, 5.74) is 3.64. The number of hydrogen-bond acceptors (Lipinski definition) is 1. The summed E-state index contributed by atoms with van der Waals surface area (Å²) in [7, 11) is 1.77. The lowest BCUT2D eigenvalue weighted by Gasteiger charge is -2.49. The molecule has 0 aliphatic heterocycles. The van der Waals surface area contributed by atoms with Crippen molar-refractivity contribution in [2.45, 2.75) is 44.9 Å². The van der Waals surface area contributed by atoms with Gasteiger partial charge in [0.05, 0.1) is 7.11 Å². The largest absolute Gasteiger partial charge is 0.497 e. The van der Waals surface area contributed by atoms with Crippen LogP contribution in [0, 0.1) is 17.3 Å². The van der Waals surface area contributed by atoms with E-state index < -0.39 is 0 Å². The number of hydrogen-bond donors (Lipinski definition) is 0. The maximum Gasteiger partial charge on any atom is 0.119 e. The molecule has 1 aromatic carbocycles. The van der Waals surface area contributed by atoms with E-state index in [1.165, 1.54) is 32.1 Å². The summed E-state index contributed by atoms with van der Waals surface area (Å²) < 4.78 is 7.04. The molecule has 0 radical (unpaired) electrons. The van der Waals surface area contributed by atoms with E-state index >= 15 is 0 Å². The number of aryl methyl sites for hydroxylation is 1. The minimum atomic E-state index is 0.478. The number of benzene rings is 1. The lowest BCUT2D eigenvalue weighted by Crippen LogP contribution is -2.40. The normalized spacial score (nSPS) is 37.3. The average Bonchev–Trinajstić information content (AvgIpc) is 2.82. The second-order valence-electron chi connectivity index (χ2n) is 7.22. The minimum absolute atomic E-state index is 0.478. The molecule has 0 bridgehead atoms. The molecule has 3 aliphatic rings. The molecule has 0 spiro atoms. The number of halogens is 1. The third kappa shape index (κ3) is 2.01. The van der Waals surface area contributed by atoms with E-state index in [9.17, 15) is 0 Å².